The molecule has 0 saturated heterocycles. The topological polar surface area (TPSA) is 45.2 Å². The molecule has 0 bridgehead atoms. The molecule has 2 aromatic rings. The second-order valence-electron chi connectivity index (χ2n) is 4.25. The summed E-state index contributed by atoms with van der Waals surface area (Å²) in [5.74, 6) is 0. The number of benzene rings is 1. The maximum Gasteiger partial charge on any atom is 0.0897 e. The van der Waals surface area contributed by atoms with Crippen molar-refractivity contribution in [2.24, 2.45) is 0 Å². The van der Waals surface area contributed by atoms with Crippen molar-refractivity contribution < 1.29 is 5.11 Å². The maximum absolute atomic E-state index is 8.95. The number of aromatic nitrogens is 1. The zero-order chi connectivity index (χ0) is 12.8. The molecule has 2 N–H and O–H groups in total. The molecule has 4 heteroatoms. The second-order valence-corrected chi connectivity index (χ2v) is 5.57. The number of thiazole rings is 1. The highest BCUT2D eigenvalue weighted by Crippen LogP contribution is 2.10. The lowest BCUT2D eigenvalue weighted by Crippen LogP contribution is -2.15. The van der Waals surface area contributed by atoms with Crippen LogP contribution in [-0.2, 0) is 19.6 Å². The van der Waals surface area contributed by atoms with Crippen LogP contribution in [0.15, 0.2) is 30.5 Å². The highest BCUT2D eigenvalue weighted by molar-refractivity contribution is 7.11. The standard InChI is InChI=1S/C14H18N2OS/c1-11-16-9-14(18-11)8-15-7-6-12-2-4-13(10-17)5-3-12/h2-5,9,15,17H,6-8,10H2,1H3. The molecule has 0 saturated carbocycles. The van der Waals surface area contributed by atoms with E-state index in [0.717, 1.165) is 30.1 Å². The van der Waals surface area contributed by atoms with Crippen LogP contribution in [0.2, 0.25) is 0 Å². The van der Waals surface area contributed by atoms with Crippen LogP contribution in [0.1, 0.15) is 21.0 Å². The van der Waals surface area contributed by atoms with E-state index < -0.39 is 0 Å². The molecular weight excluding hydrogens is 244 g/mol. The Morgan fingerprint density at radius 3 is 2.56 bits per heavy atom. The fourth-order valence-corrected chi connectivity index (χ4v) is 2.51. The molecule has 1 aromatic carbocycles. The number of rotatable bonds is 6. The molecule has 1 aromatic heterocycles. The molecule has 0 unspecified atom stereocenters. The van der Waals surface area contributed by atoms with Gasteiger partial charge in [0.2, 0.25) is 0 Å². The largest absolute Gasteiger partial charge is 0.392 e. The number of nitrogens with zero attached hydrogens (tertiary/aromatic N) is 1. The Kier molecular flexibility index (Phi) is 4.87. The summed E-state index contributed by atoms with van der Waals surface area (Å²) in [6.07, 6.45) is 2.94. The Balaban J connectivity index is 1.71. The van der Waals surface area contributed by atoms with E-state index in [0.29, 0.717) is 0 Å². The Morgan fingerprint density at radius 2 is 1.94 bits per heavy atom. The molecule has 2 rings (SSSR count). The van der Waals surface area contributed by atoms with Crippen LogP contribution in [0.3, 0.4) is 0 Å². The molecule has 0 aliphatic carbocycles. The van der Waals surface area contributed by atoms with Gasteiger partial charge in [-0.2, -0.15) is 0 Å². The van der Waals surface area contributed by atoms with Gasteiger partial charge in [0.25, 0.3) is 0 Å². The maximum atomic E-state index is 8.95. The van der Waals surface area contributed by atoms with Crippen LogP contribution in [-0.4, -0.2) is 16.6 Å². The van der Waals surface area contributed by atoms with Gasteiger partial charge in [-0.3, -0.25) is 0 Å². The SMILES string of the molecule is Cc1ncc(CNCCc2ccc(CO)cc2)s1. The van der Waals surface area contributed by atoms with Crippen LogP contribution in [0.5, 0.6) is 0 Å². The van der Waals surface area contributed by atoms with Gasteiger partial charge >= 0.3 is 0 Å². The van der Waals surface area contributed by atoms with Gasteiger partial charge < -0.3 is 10.4 Å². The molecule has 0 radical (unpaired) electrons. The summed E-state index contributed by atoms with van der Waals surface area (Å²) in [5, 5.41) is 13.5. The molecule has 3 nitrogen and oxygen atoms in total. The summed E-state index contributed by atoms with van der Waals surface area (Å²) in [6, 6.07) is 8.10. The molecule has 0 amide bonds. The predicted molar refractivity (Wildman–Crippen MR) is 74.6 cm³/mol. The predicted octanol–water partition coefficient (Wildman–Crippen LogP) is 2.28. The number of aliphatic hydroxyl groups is 1. The summed E-state index contributed by atoms with van der Waals surface area (Å²) in [7, 11) is 0. The highest BCUT2D eigenvalue weighted by Gasteiger charge is 1.98. The molecule has 18 heavy (non-hydrogen) atoms. The van der Waals surface area contributed by atoms with Gasteiger partial charge in [0.15, 0.2) is 0 Å². The lowest BCUT2D eigenvalue weighted by atomic mass is 10.1. The van der Waals surface area contributed by atoms with Crippen LogP contribution in [0, 0.1) is 6.92 Å². The molecule has 1 heterocycles. The van der Waals surface area contributed by atoms with Crippen LogP contribution >= 0.6 is 11.3 Å². The average molecular weight is 262 g/mol. The Bertz CT molecular complexity index is 479. The van der Waals surface area contributed by atoms with Gasteiger partial charge in [-0.15, -0.1) is 11.3 Å². The first kappa shape index (κ1) is 13.2. The van der Waals surface area contributed by atoms with Gasteiger partial charge in [-0.25, -0.2) is 4.98 Å². The molecule has 0 aliphatic heterocycles. The third kappa shape index (κ3) is 3.91. The smallest absolute Gasteiger partial charge is 0.0897 e. The quantitative estimate of drug-likeness (QED) is 0.785. The Labute approximate surface area is 112 Å². The molecule has 96 valence electrons. The van der Waals surface area contributed by atoms with E-state index in [4.69, 9.17) is 5.11 Å². The fourth-order valence-electron chi connectivity index (χ4n) is 1.74. The summed E-state index contributed by atoms with van der Waals surface area (Å²) in [6.45, 7) is 3.98. The highest BCUT2D eigenvalue weighted by atomic mass is 32.1. The zero-order valence-electron chi connectivity index (χ0n) is 10.5. The van der Waals surface area contributed by atoms with Gasteiger partial charge in [0.1, 0.15) is 0 Å². The minimum atomic E-state index is 0.114. The normalized spacial score (nSPS) is 10.8. The fraction of sp³-hybridized carbons (Fsp3) is 0.357. The van der Waals surface area contributed by atoms with Gasteiger partial charge in [0, 0.05) is 17.6 Å². The summed E-state index contributed by atoms with van der Waals surface area (Å²) >= 11 is 1.74. The third-order valence-corrected chi connectivity index (χ3v) is 3.68. The zero-order valence-corrected chi connectivity index (χ0v) is 11.3. The second kappa shape index (κ2) is 6.64. The van der Waals surface area contributed by atoms with E-state index in [1.54, 1.807) is 11.3 Å². The van der Waals surface area contributed by atoms with E-state index in [-0.39, 0.29) is 6.61 Å². The van der Waals surface area contributed by atoms with Crippen molar-refractivity contribution in [2.45, 2.75) is 26.5 Å². The lowest BCUT2D eigenvalue weighted by molar-refractivity contribution is 0.282. The van der Waals surface area contributed by atoms with Crippen LogP contribution in [0.4, 0.5) is 0 Å². The first-order valence-electron chi connectivity index (χ1n) is 6.08. The van der Waals surface area contributed by atoms with Crippen molar-refractivity contribution in [3.8, 4) is 0 Å². The average Bonchev–Trinajstić information content (AvgIpc) is 2.81. The van der Waals surface area contributed by atoms with E-state index in [1.165, 1.54) is 10.4 Å². The van der Waals surface area contributed by atoms with Crippen molar-refractivity contribution in [3.05, 3.63) is 51.5 Å². The van der Waals surface area contributed by atoms with Gasteiger partial charge in [-0.1, -0.05) is 24.3 Å². The van der Waals surface area contributed by atoms with Crippen LogP contribution < -0.4 is 5.32 Å². The van der Waals surface area contributed by atoms with Crippen molar-refractivity contribution in [2.75, 3.05) is 6.54 Å². The van der Waals surface area contributed by atoms with Crippen molar-refractivity contribution in [1.82, 2.24) is 10.3 Å². The number of aryl methyl sites for hydroxylation is 1. The summed E-state index contributed by atoms with van der Waals surface area (Å²) in [4.78, 5) is 5.51. The van der Waals surface area contributed by atoms with Crippen LogP contribution in [0.25, 0.3) is 0 Å². The summed E-state index contributed by atoms with van der Waals surface area (Å²) < 4.78 is 0. The minimum absolute atomic E-state index is 0.114. The van der Waals surface area contributed by atoms with Gasteiger partial charge in [-0.05, 0) is 31.0 Å². The van der Waals surface area contributed by atoms with Gasteiger partial charge in [0.05, 0.1) is 11.6 Å². The Morgan fingerprint density at radius 1 is 1.22 bits per heavy atom. The van der Waals surface area contributed by atoms with E-state index in [1.807, 2.05) is 25.3 Å². The lowest BCUT2D eigenvalue weighted by Gasteiger charge is -2.04. The number of aliphatic hydroxyl groups excluding tert-OH is 1. The minimum Gasteiger partial charge on any atom is -0.392 e. The molecular formula is C14H18N2OS. The molecule has 0 atom stereocenters. The third-order valence-electron chi connectivity index (χ3n) is 2.76. The van der Waals surface area contributed by atoms with Crippen molar-refractivity contribution >= 4 is 11.3 Å². The summed E-state index contributed by atoms with van der Waals surface area (Å²) in [5.41, 5.74) is 2.26. The number of hydrogen-bond donors (Lipinski definition) is 2. The van der Waals surface area contributed by atoms with E-state index >= 15 is 0 Å². The number of hydrogen-bond acceptors (Lipinski definition) is 4. The first-order chi connectivity index (χ1) is 8.78. The van der Waals surface area contributed by atoms with Crippen molar-refractivity contribution in [1.29, 1.82) is 0 Å². The molecule has 0 aliphatic rings. The van der Waals surface area contributed by atoms with Crippen molar-refractivity contribution in [3.63, 3.8) is 0 Å². The number of nitrogens with one attached hydrogen (secondary N) is 1. The van der Waals surface area contributed by atoms with E-state index in [2.05, 4.69) is 22.4 Å². The molecule has 0 fully saturated rings. The molecule has 0 spiro atoms. The first-order valence-corrected chi connectivity index (χ1v) is 6.90. The van der Waals surface area contributed by atoms with E-state index in [9.17, 15) is 0 Å². The Hall–Kier alpha value is -1.23. The monoisotopic (exact) mass is 262 g/mol.